The maximum Gasteiger partial charge on any atom is 0.293 e. The van der Waals surface area contributed by atoms with E-state index in [1.165, 1.54) is 24.1 Å². The number of amides is 2. The number of benzene rings is 2. The zero-order chi connectivity index (χ0) is 20.3. The minimum atomic E-state index is -0.462. The fourth-order valence-corrected chi connectivity index (χ4v) is 3.76. The first kappa shape index (κ1) is 20.2. The molecular formula is C20H17ClFNO4S. The lowest BCUT2D eigenvalue weighted by molar-refractivity contribution is -0.122. The number of hydrogen-bond donors (Lipinski definition) is 0. The summed E-state index contributed by atoms with van der Waals surface area (Å²) in [4.78, 5) is 25.6. The Bertz CT molecular complexity index is 943. The molecule has 0 aliphatic carbocycles. The van der Waals surface area contributed by atoms with Crippen LogP contribution in [0.25, 0.3) is 6.08 Å². The molecule has 28 heavy (non-hydrogen) atoms. The summed E-state index contributed by atoms with van der Waals surface area (Å²) in [6.45, 7) is 1.98. The van der Waals surface area contributed by atoms with Gasteiger partial charge in [0.05, 0.1) is 17.0 Å². The Balaban J connectivity index is 1.86. The summed E-state index contributed by atoms with van der Waals surface area (Å²) in [5.41, 5.74) is 0.887. The van der Waals surface area contributed by atoms with E-state index in [4.69, 9.17) is 21.1 Å². The van der Waals surface area contributed by atoms with Gasteiger partial charge in [0.25, 0.3) is 11.1 Å². The van der Waals surface area contributed by atoms with Crippen molar-refractivity contribution < 1.29 is 23.5 Å². The smallest absolute Gasteiger partial charge is 0.293 e. The van der Waals surface area contributed by atoms with E-state index in [9.17, 15) is 14.0 Å². The average molecular weight is 422 g/mol. The molecule has 2 aromatic rings. The number of ether oxygens (including phenoxy) is 2. The Morgan fingerprint density at radius 2 is 2.00 bits per heavy atom. The Kier molecular flexibility index (Phi) is 6.26. The second-order valence-electron chi connectivity index (χ2n) is 5.83. The van der Waals surface area contributed by atoms with Crippen molar-refractivity contribution in [3.05, 3.63) is 63.3 Å². The molecule has 146 valence electrons. The zero-order valence-electron chi connectivity index (χ0n) is 15.2. The molecule has 8 heteroatoms. The molecule has 1 fully saturated rings. The summed E-state index contributed by atoms with van der Waals surface area (Å²) in [6, 6.07) is 9.48. The van der Waals surface area contributed by atoms with Crippen molar-refractivity contribution >= 4 is 40.6 Å². The summed E-state index contributed by atoms with van der Waals surface area (Å²) in [6.07, 6.45) is 1.61. The second-order valence-corrected chi connectivity index (χ2v) is 7.23. The standard InChI is InChI=1S/C20H17ClFNO4S/c1-3-23-19(24)18(28-20(23)25)10-12-7-8-16(26-2)17(9-12)27-11-13-14(21)5-4-6-15(13)22/h4-10H,3,11H2,1-2H3/b18-10+. The number of rotatable bonds is 6. The van der Waals surface area contributed by atoms with E-state index in [0.717, 1.165) is 11.8 Å². The van der Waals surface area contributed by atoms with E-state index in [1.54, 1.807) is 37.3 Å². The van der Waals surface area contributed by atoms with Crippen LogP contribution in [0.2, 0.25) is 5.02 Å². The van der Waals surface area contributed by atoms with Gasteiger partial charge in [-0.2, -0.15) is 0 Å². The summed E-state index contributed by atoms with van der Waals surface area (Å²) in [5, 5.41) is -0.0266. The van der Waals surface area contributed by atoms with Gasteiger partial charge in [-0.1, -0.05) is 23.7 Å². The highest BCUT2D eigenvalue weighted by atomic mass is 35.5. The van der Waals surface area contributed by atoms with Crippen LogP contribution in [0, 0.1) is 5.82 Å². The van der Waals surface area contributed by atoms with Crippen molar-refractivity contribution in [2.45, 2.75) is 13.5 Å². The monoisotopic (exact) mass is 421 g/mol. The van der Waals surface area contributed by atoms with Crippen molar-refractivity contribution in [3.8, 4) is 11.5 Å². The van der Waals surface area contributed by atoms with E-state index < -0.39 is 5.82 Å². The Hall–Kier alpha value is -2.51. The number of carbonyl (C=O) groups excluding carboxylic acids is 2. The molecule has 1 heterocycles. The second kappa shape index (κ2) is 8.67. The molecule has 3 rings (SSSR count). The topological polar surface area (TPSA) is 55.8 Å². The van der Waals surface area contributed by atoms with E-state index in [1.807, 2.05) is 0 Å². The molecule has 0 saturated carbocycles. The molecule has 5 nitrogen and oxygen atoms in total. The molecule has 1 saturated heterocycles. The van der Waals surface area contributed by atoms with Crippen LogP contribution in [0.15, 0.2) is 41.3 Å². The summed E-state index contributed by atoms with van der Waals surface area (Å²) in [5.74, 6) is 0.0290. The van der Waals surface area contributed by atoms with Crippen molar-refractivity contribution in [2.75, 3.05) is 13.7 Å². The third-order valence-electron chi connectivity index (χ3n) is 4.11. The molecule has 2 amide bonds. The highest BCUT2D eigenvalue weighted by Crippen LogP contribution is 2.35. The van der Waals surface area contributed by atoms with Gasteiger partial charge in [0.15, 0.2) is 11.5 Å². The number of halogens is 2. The van der Waals surface area contributed by atoms with Crippen LogP contribution in [0.5, 0.6) is 11.5 Å². The third kappa shape index (κ3) is 4.15. The molecule has 2 aromatic carbocycles. The maximum absolute atomic E-state index is 14.0. The normalized spacial score (nSPS) is 15.4. The minimum absolute atomic E-state index is 0.0856. The van der Waals surface area contributed by atoms with Gasteiger partial charge >= 0.3 is 0 Å². The third-order valence-corrected chi connectivity index (χ3v) is 5.37. The van der Waals surface area contributed by atoms with Gasteiger partial charge in [-0.3, -0.25) is 14.5 Å². The van der Waals surface area contributed by atoms with Crippen molar-refractivity contribution in [1.29, 1.82) is 0 Å². The van der Waals surface area contributed by atoms with Gasteiger partial charge < -0.3 is 9.47 Å². The van der Waals surface area contributed by atoms with Gasteiger partial charge in [0.2, 0.25) is 0 Å². The van der Waals surface area contributed by atoms with E-state index >= 15 is 0 Å². The van der Waals surface area contributed by atoms with E-state index in [0.29, 0.717) is 28.5 Å². The van der Waals surface area contributed by atoms with E-state index in [-0.39, 0.29) is 28.3 Å². The first-order chi connectivity index (χ1) is 13.4. The highest BCUT2D eigenvalue weighted by molar-refractivity contribution is 8.18. The number of methoxy groups -OCH3 is 1. The molecule has 1 aliphatic rings. The molecule has 0 atom stereocenters. The molecule has 0 radical (unpaired) electrons. The van der Waals surface area contributed by atoms with Crippen LogP contribution in [0.1, 0.15) is 18.1 Å². The predicted molar refractivity (Wildman–Crippen MR) is 107 cm³/mol. The molecule has 1 aliphatic heterocycles. The van der Waals surface area contributed by atoms with Crippen LogP contribution >= 0.6 is 23.4 Å². The maximum atomic E-state index is 14.0. The van der Waals surface area contributed by atoms with Crippen LogP contribution < -0.4 is 9.47 Å². The summed E-state index contributed by atoms with van der Waals surface area (Å²) in [7, 11) is 1.49. The van der Waals surface area contributed by atoms with Crippen LogP contribution in [0.4, 0.5) is 9.18 Å². The quantitative estimate of drug-likeness (QED) is 0.606. The van der Waals surface area contributed by atoms with Crippen molar-refractivity contribution in [2.24, 2.45) is 0 Å². The highest BCUT2D eigenvalue weighted by Gasteiger charge is 2.33. The first-order valence-corrected chi connectivity index (χ1v) is 9.63. The number of likely N-dealkylation sites (N-methyl/N-ethyl adjacent to an activating group) is 1. The Labute approximate surface area is 171 Å². The number of hydrogen-bond acceptors (Lipinski definition) is 5. The Morgan fingerprint density at radius 1 is 1.21 bits per heavy atom. The zero-order valence-corrected chi connectivity index (χ0v) is 16.8. The SMILES string of the molecule is CCN1C(=O)S/C(=C/c2ccc(OC)c(OCc3c(F)cccc3Cl)c2)C1=O. The number of thioether (sulfide) groups is 1. The van der Waals surface area contributed by atoms with Gasteiger partial charge in [-0.15, -0.1) is 0 Å². The van der Waals surface area contributed by atoms with Crippen molar-refractivity contribution in [3.63, 3.8) is 0 Å². The average Bonchev–Trinajstić information content (AvgIpc) is 2.94. The van der Waals surface area contributed by atoms with Crippen LogP contribution in [-0.2, 0) is 11.4 Å². The lowest BCUT2D eigenvalue weighted by Crippen LogP contribution is -2.27. The van der Waals surface area contributed by atoms with Gasteiger partial charge in [0, 0.05) is 12.1 Å². The Morgan fingerprint density at radius 3 is 2.64 bits per heavy atom. The lowest BCUT2D eigenvalue weighted by Gasteiger charge is -2.13. The molecule has 0 aromatic heterocycles. The van der Waals surface area contributed by atoms with Gasteiger partial charge in [-0.25, -0.2) is 4.39 Å². The number of imide groups is 1. The minimum Gasteiger partial charge on any atom is -0.493 e. The fraction of sp³-hybridized carbons (Fsp3) is 0.200. The number of carbonyl (C=O) groups is 2. The lowest BCUT2D eigenvalue weighted by atomic mass is 10.1. The van der Waals surface area contributed by atoms with Gasteiger partial charge in [-0.05, 0) is 54.6 Å². The summed E-state index contributed by atoms with van der Waals surface area (Å²) >= 11 is 6.92. The largest absolute Gasteiger partial charge is 0.493 e. The predicted octanol–water partition coefficient (Wildman–Crippen LogP) is 5.12. The molecule has 0 spiro atoms. The van der Waals surface area contributed by atoms with Crippen LogP contribution in [-0.4, -0.2) is 29.7 Å². The van der Waals surface area contributed by atoms with Crippen LogP contribution in [0.3, 0.4) is 0 Å². The molecule has 0 N–H and O–H groups in total. The molecule has 0 bridgehead atoms. The van der Waals surface area contributed by atoms with Gasteiger partial charge in [0.1, 0.15) is 12.4 Å². The molecular weight excluding hydrogens is 405 g/mol. The van der Waals surface area contributed by atoms with E-state index in [2.05, 4.69) is 0 Å². The number of nitrogens with zero attached hydrogens (tertiary/aromatic N) is 1. The fourth-order valence-electron chi connectivity index (χ4n) is 2.64. The van der Waals surface area contributed by atoms with Crippen molar-refractivity contribution in [1.82, 2.24) is 4.90 Å². The first-order valence-electron chi connectivity index (χ1n) is 8.43. The summed E-state index contributed by atoms with van der Waals surface area (Å²) < 4.78 is 25.0. The molecule has 0 unspecified atom stereocenters.